The normalized spacial score (nSPS) is 16.4. The molecule has 0 spiro atoms. The number of hydrogen-bond acceptors (Lipinski definition) is 4. The number of halogens is 1. The van der Waals surface area contributed by atoms with Crippen LogP contribution >= 0.6 is 11.6 Å². The third-order valence-corrected chi connectivity index (χ3v) is 4.22. The van der Waals surface area contributed by atoms with Crippen molar-refractivity contribution in [1.29, 1.82) is 0 Å². The predicted octanol–water partition coefficient (Wildman–Crippen LogP) is 4.94. The van der Waals surface area contributed by atoms with Gasteiger partial charge in [-0.1, -0.05) is 24.6 Å². The second kappa shape index (κ2) is 7.05. The Balaban J connectivity index is 2.06. The Morgan fingerprint density at radius 1 is 1.21 bits per heavy atom. The Morgan fingerprint density at radius 3 is 2.58 bits per heavy atom. The quantitative estimate of drug-likeness (QED) is 0.723. The fourth-order valence-corrected chi connectivity index (χ4v) is 3.09. The third kappa shape index (κ3) is 3.02. The molecule has 1 unspecified atom stereocenters. The molecule has 0 aromatic heterocycles. The van der Waals surface area contributed by atoms with E-state index in [0.717, 1.165) is 34.8 Å². The number of carbonyl (C=O) groups excluding carboxylic acids is 1. The fourth-order valence-electron chi connectivity index (χ4n) is 2.92. The lowest BCUT2D eigenvalue weighted by Crippen LogP contribution is -2.37. The number of carbonyl (C=O) groups is 1. The molecule has 1 heterocycles. The van der Waals surface area contributed by atoms with Crippen molar-refractivity contribution in [3.8, 4) is 5.75 Å². The van der Waals surface area contributed by atoms with Gasteiger partial charge in [-0.25, -0.2) is 4.99 Å². The number of benzene rings is 2. The third-order valence-electron chi connectivity index (χ3n) is 3.99. The van der Waals surface area contributed by atoms with Crippen LogP contribution in [0, 0.1) is 0 Å². The van der Waals surface area contributed by atoms with E-state index in [2.05, 4.69) is 0 Å². The average molecular weight is 343 g/mol. The highest BCUT2D eigenvalue weighted by atomic mass is 35.5. The Labute approximate surface area is 146 Å². The van der Waals surface area contributed by atoms with Gasteiger partial charge in [-0.05, 0) is 43.3 Å². The fraction of sp³-hybridized carbons (Fsp3) is 0.263. The molecule has 3 rings (SSSR count). The lowest BCUT2D eigenvalue weighted by molar-refractivity contribution is -0.108. The maximum atomic E-state index is 11.9. The van der Waals surface area contributed by atoms with E-state index >= 15 is 0 Å². The lowest BCUT2D eigenvalue weighted by Gasteiger charge is -2.35. The summed E-state index contributed by atoms with van der Waals surface area (Å²) in [7, 11) is 0. The van der Waals surface area contributed by atoms with Gasteiger partial charge in [-0.15, -0.1) is 0 Å². The van der Waals surface area contributed by atoms with Crippen molar-refractivity contribution in [3.05, 3.63) is 53.1 Å². The lowest BCUT2D eigenvalue weighted by atomic mass is 10.0. The zero-order valence-corrected chi connectivity index (χ0v) is 14.5. The molecule has 0 N–H and O–H groups in total. The van der Waals surface area contributed by atoms with Crippen LogP contribution in [0.5, 0.6) is 5.75 Å². The Hall–Kier alpha value is -2.33. The summed E-state index contributed by atoms with van der Waals surface area (Å²) in [6, 6.07) is 12.8. The van der Waals surface area contributed by atoms with Gasteiger partial charge in [0.2, 0.25) is 0 Å². The van der Waals surface area contributed by atoms with Gasteiger partial charge in [0.25, 0.3) is 0 Å². The number of rotatable bonds is 5. The van der Waals surface area contributed by atoms with E-state index in [-0.39, 0.29) is 0 Å². The SMILES string of the molecule is CCOc1ccc(N2C(CC)=Nc3cc(Cl)ccc3C2C=O)cc1. The number of fused-ring (bicyclic) bond motifs is 1. The molecule has 124 valence electrons. The topological polar surface area (TPSA) is 41.9 Å². The van der Waals surface area contributed by atoms with Crippen molar-refractivity contribution >= 4 is 35.1 Å². The second-order valence-electron chi connectivity index (χ2n) is 5.46. The van der Waals surface area contributed by atoms with E-state index in [1.165, 1.54) is 0 Å². The highest BCUT2D eigenvalue weighted by molar-refractivity contribution is 6.31. The first-order valence-electron chi connectivity index (χ1n) is 8.02. The van der Waals surface area contributed by atoms with Crippen LogP contribution in [-0.4, -0.2) is 18.7 Å². The largest absolute Gasteiger partial charge is 0.494 e. The summed E-state index contributed by atoms with van der Waals surface area (Å²) in [6.45, 7) is 4.60. The molecule has 4 nitrogen and oxygen atoms in total. The molecule has 0 saturated heterocycles. The first-order chi connectivity index (χ1) is 11.7. The van der Waals surface area contributed by atoms with Crippen molar-refractivity contribution in [2.45, 2.75) is 26.3 Å². The molecule has 0 fully saturated rings. The molecule has 1 aliphatic rings. The smallest absolute Gasteiger partial charge is 0.147 e. The van der Waals surface area contributed by atoms with Gasteiger partial charge < -0.3 is 14.4 Å². The second-order valence-corrected chi connectivity index (χ2v) is 5.90. The summed E-state index contributed by atoms with van der Waals surface area (Å²) < 4.78 is 5.49. The van der Waals surface area contributed by atoms with Crippen LogP contribution in [0.15, 0.2) is 47.5 Å². The molecule has 0 amide bonds. The molecule has 1 aliphatic heterocycles. The van der Waals surface area contributed by atoms with Gasteiger partial charge in [-0.2, -0.15) is 0 Å². The van der Waals surface area contributed by atoms with E-state index in [0.29, 0.717) is 18.1 Å². The van der Waals surface area contributed by atoms with Gasteiger partial charge in [0, 0.05) is 22.7 Å². The molecular formula is C19H19ClN2O2. The minimum atomic E-state index is -0.414. The Bertz CT molecular complexity index is 771. The number of aliphatic imine (C=N–C) groups is 1. The molecule has 2 aromatic carbocycles. The van der Waals surface area contributed by atoms with E-state index in [1.807, 2.05) is 49.1 Å². The van der Waals surface area contributed by atoms with Crippen LogP contribution in [0.4, 0.5) is 11.4 Å². The van der Waals surface area contributed by atoms with E-state index in [9.17, 15) is 4.79 Å². The molecule has 0 saturated carbocycles. The predicted molar refractivity (Wildman–Crippen MR) is 97.7 cm³/mol. The number of aldehydes is 1. The Morgan fingerprint density at radius 2 is 1.96 bits per heavy atom. The summed E-state index contributed by atoms with van der Waals surface area (Å²) in [5.41, 5.74) is 2.54. The van der Waals surface area contributed by atoms with Crippen molar-refractivity contribution in [3.63, 3.8) is 0 Å². The summed E-state index contributed by atoms with van der Waals surface area (Å²) in [4.78, 5) is 18.5. The minimum Gasteiger partial charge on any atom is -0.494 e. The van der Waals surface area contributed by atoms with Crippen LogP contribution < -0.4 is 9.64 Å². The molecule has 2 aromatic rings. The molecule has 24 heavy (non-hydrogen) atoms. The summed E-state index contributed by atoms with van der Waals surface area (Å²) >= 11 is 6.07. The minimum absolute atomic E-state index is 0.414. The van der Waals surface area contributed by atoms with Crippen LogP contribution in [0.3, 0.4) is 0 Å². The van der Waals surface area contributed by atoms with Gasteiger partial charge in [-0.3, -0.25) is 0 Å². The number of nitrogens with zero attached hydrogens (tertiary/aromatic N) is 2. The molecular weight excluding hydrogens is 324 g/mol. The van der Waals surface area contributed by atoms with Crippen molar-refractivity contribution in [2.75, 3.05) is 11.5 Å². The first-order valence-corrected chi connectivity index (χ1v) is 8.40. The average Bonchev–Trinajstić information content (AvgIpc) is 2.60. The van der Waals surface area contributed by atoms with Crippen molar-refractivity contribution < 1.29 is 9.53 Å². The molecule has 5 heteroatoms. The monoisotopic (exact) mass is 342 g/mol. The number of anilines is 1. The van der Waals surface area contributed by atoms with Gasteiger partial charge in [0.15, 0.2) is 0 Å². The van der Waals surface area contributed by atoms with E-state index < -0.39 is 6.04 Å². The summed E-state index contributed by atoms with van der Waals surface area (Å²) in [6.07, 6.45) is 1.66. The van der Waals surface area contributed by atoms with Gasteiger partial charge in [0.05, 0.1) is 12.3 Å². The zero-order valence-electron chi connectivity index (χ0n) is 13.7. The van der Waals surface area contributed by atoms with Crippen LogP contribution in [-0.2, 0) is 4.79 Å². The van der Waals surface area contributed by atoms with E-state index in [4.69, 9.17) is 21.3 Å². The maximum absolute atomic E-state index is 11.9. The maximum Gasteiger partial charge on any atom is 0.147 e. The standard InChI is InChI=1S/C19H19ClN2O2/c1-3-19-21-17-11-13(20)5-10-16(17)18(12-23)22(19)14-6-8-15(9-7-14)24-4-2/h5-12,18H,3-4H2,1-2H3. The van der Waals surface area contributed by atoms with Crippen LogP contribution in [0.25, 0.3) is 0 Å². The molecule has 1 atom stereocenters. The highest BCUT2D eigenvalue weighted by Crippen LogP contribution is 2.39. The van der Waals surface area contributed by atoms with Crippen molar-refractivity contribution in [1.82, 2.24) is 0 Å². The molecule has 0 aliphatic carbocycles. The van der Waals surface area contributed by atoms with Crippen molar-refractivity contribution in [2.24, 2.45) is 4.99 Å². The Kier molecular flexibility index (Phi) is 4.86. The summed E-state index contributed by atoms with van der Waals surface area (Å²) in [5, 5.41) is 0.618. The summed E-state index contributed by atoms with van der Waals surface area (Å²) in [5.74, 6) is 1.65. The van der Waals surface area contributed by atoms with E-state index in [1.54, 1.807) is 12.1 Å². The molecule has 0 bridgehead atoms. The zero-order chi connectivity index (χ0) is 17.1. The number of hydrogen-bond donors (Lipinski definition) is 0. The molecule has 0 radical (unpaired) electrons. The van der Waals surface area contributed by atoms with Gasteiger partial charge >= 0.3 is 0 Å². The first kappa shape index (κ1) is 16.5. The number of amidine groups is 1. The number of ether oxygens (including phenoxy) is 1. The van der Waals surface area contributed by atoms with Crippen LogP contribution in [0.2, 0.25) is 5.02 Å². The van der Waals surface area contributed by atoms with Crippen LogP contribution in [0.1, 0.15) is 31.9 Å². The van der Waals surface area contributed by atoms with Gasteiger partial charge in [0.1, 0.15) is 23.9 Å². The highest BCUT2D eigenvalue weighted by Gasteiger charge is 2.30.